The van der Waals surface area contributed by atoms with Crippen LogP contribution in [-0.2, 0) is 10.0 Å². The molecular formula is C10H16N2O2S2. The third kappa shape index (κ3) is 2.15. The maximum absolute atomic E-state index is 12.3. The number of piperazine rings is 1. The quantitative estimate of drug-likeness (QED) is 0.864. The van der Waals surface area contributed by atoms with Gasteiger partial charge >= 0.3 is 0 Å². The van der Waals surface area contributed by atoms with E-state index in [-0.39, 0.29) is 6.04 Å². The molecule has 2 heterocycles. The second kappa shape index (κ2) is 4.44. The number of thiophene rings is 1. The largest absolute Gasteiger partial charge is 0.314 e. The van der Waals surface area contributed by atoms with Crippen LogP contribution in [0.15, 0.2) is 16.3 Å². The van der Waals surface area contributed by atoms with E-state index in [1.54, 1.807) is 10.4 Å². The first-order chi connectivity index (χ1) is 7.51. The summed E-state index contributed by atoms with van der Waals surface area (Å²) in [5.74, 6) is 0. The highest BCUT2D eigenvalue weighted by Gasteiger charge is 2.31. The second-order valence-corrected chi connectivity index (χ2v) is 7.44. The smallest absolute Gasteiger partial charge is 0.252 e. The summed E-state index contributed by atoms with van der Waals surface area (Å²) >= 11 is 1.34. The first-order valence-electron chi connectivity index (χ1n) is 5.31. The zero-order chi connectivity index (χ0) is 11.8. The van der Waals surface area contributed by atoms with Crippen molar-refractivity contribution in [1.82, 2.24) is 9.62 Å². The van der Waals surface area contributed by atoms with Crippen molar-refractivity contribution >= 4 is 21.4 Å². The lowest BCUT2D eigenvalue weighted by Gasteiger charge is -2.32. The molecule has 0 aliphatic carbocycles. The van der Waals surface area contributed by atoms with Crippen molar-refractivity contribution in [3.8, 4) is 0 Å². The summed E-state index contributed by atoms with van der Waals surface area (Å²) in [5.41, 5.74) is 0. The van der Waals surface area contributed by atoms with Crippen LogP contribution < -0.4 is 5.32 Å². The molecule has 1 aliphatic rings. The molecule has 0 radical (unpaired) electrons. The Morgan fingerprint density at radius 3 is 2.81 bits per heavy atom. The summed E-state index contributed by atoms with van der Waals surface area (Å²) in [6.45, 7) is 5.87. The van der Waals surface area contributed by atoms with E-state index in [1.165, 1.54) is 11.3 Å². The van der Waals surface area contributed by atoms with Gasteiger partial charge in [-0.2, -0.15) is 4.31 Å². The Balaban J connectivity index is 2.31. The first-order valence-corrected chi connectivity index (χ1v) is 7.56. The van der Waals surface area contributed by atoms with Gasteiger partial charge in [0.15, 0.2) is 0 Å². The van der Waals surface area contributed by atoms with Gasteiger partial charge in [-0.15, -0.1) is 11.3 Å². The highest BCUT2D eigenvalue weighted by Crippen LogP contribution is 2.25. The summed E-state index contributed by atoms with van der Waals surface area (Å²) in [5, 5.41) is 3.19. The van der Waals surface area contributed by atoms with Crippen molar-refractivity contribution in [2.45, 2.75) is 24.1 Å². The van der Waals surface area contributed by atoms with Crippen molar-refractivity contribution in [3.05, 3.63) is 17.0 Å². The summed E-state index contributed by atoms with van der Waals surface area (Å²) < 4.78 is 26.7. The zero-order valence-electron chi connectivity index (χ0n) is 9.43. The summed E-state index contributed by atoms with van der Waals surface area (Å²) in [6.07, 6.45) is 0. The van der Waals surface area contributed by atoms with E-state index < -0.39 is 10.0 Å². The minimum absolute atomic E-state index is 0.0288. The Morgan fingerprint density at radius 1 is 1.50 bits per heavy atom. The van der Waals surface area contributed by atoms with Crippen LogP contribution >= 0.6 is 11.3 Å². The highest BCUT2D eigenvalue weighted by molar-refractivity contribution is 7.91. The minimum Gasteiger partial charge on any atom is -0.314 e. The molecule has 0 amide bonds. The van der Waals surface area contributed by atoms with Crippen LogP contribution in [0, 0.1) is 6.92 Å². The number of hydrogen-bond acceptors (Lipinski definition) is 4. The van der Waals surface area contributed by atoms with Crippen LogP contribution in [0.1, 0.15) is 11.8 Å². The maximum atomic E-state index is 12.3. The molecule has 1 aliphatic heterocycles. The molecule has 1 atom stereocenters. The van der Waals surface area contributed by atoms with E-state index in [4.69, 9.17) is 0 Å². The standard InChI is InChI=1S/C10H16N2O2S2/c1-8-7-11-5-6-12(8)16(13,14)10-4-3-9(2)15-10/h3-4,8,11H,5-7H2,1-2H3/t8-/m0/s1. The monoisotopic (exact) mass is 260 g/mol. The lowest BCUT2D eigenvalue weighted by Crippen LogP contribution is -2.51. The van der Waals surface area contributed by atoms with Gasteiger partial charge in [0.2, 0.25) is 0 Å². The number of sulfonamides is 1. The summed E-state index contributed by atoms with van der Waals surface area (Å²) in [7, 11) is -3.28. The normalized spacial score (nSPS) is 23.5. The van der Waals surface area contributed by atoms with E-state index in [0.717, 1.165) is 18.0 Å². The van der Waals surface area contributed by atoms with Crippen molar-refractivity contribution in [2.75, 3.05) is 19.6 Å². The van der Waals surface area contributed by atoms with Gasteiger partial charge in [0.25, 0.3) is 10.0 Å². The van der Waals surface area contributed by atoms with E-state index in [2.05, 4.69) is 5.32 Å². The fraction of sp³-hybridized carbons (Fsp3) is 0.600. The van der Waals surface area contributed by atoms with Crippen LogP contribution in [-0.4, -0.2) is 38.4 Å². The molecule has 0 aromatic carbocycles. The molecule has 1 aromatic heterocycles. The molecule has 1 N–H and O–H groups in total. The number of aryl methyl sites for hydroxylation is 1. The van der Waals surface area contributed by atoms with Gasteiger partial charge in [0, 0.05) is 30.6 Å². The molecule has 1 aromatic rings. The van der Waals surface area contributed by atoms with Crippen molar-refractivity contribution in [1.29, 1.82) is 0 Å². The van der Waals surface area contributed by atoms with E-state index in [1.807, 2.05) is 19.9 Å². The van der Waals surface area contributed by atoms with Gasteiger partial charge in [-0.25, -0.2) is 8.42 Å². The van der Waals surface area contributed by atoms with E-state index >= 15 is 0 Å². The van der Waals surface area contributed by atoms with E-state index in [9.17, 15) is 8.42 Å². The van der Waals surface area contributed by atoms with Gasteiger partial charge in [-0.05, 0) is 26.0 Å². The Morgan fingerprint density at radius 2 is 2.25 bits per heavy atom. The minimum atomic E-state index is -3.28. The topological polar surface area (TPSA) is 49.4 Å². The molecule has 1 saturated heterocycles. The van der Waals surface area contributed by atoms with E-state index in [0.29, 0.717) is 10.8 Å². The van der Waals surface area contributed by atoms with Gasteiger partial charge in [0.05, 0.1) is 0 Å². The average molecular weight is 260 g/mol. The predicted molar refractivity (Wildman–Crippen MR) is 65.3 cm³/mol. The SMILES string of the molecule is Cc1ccc(S(=O)(=O)N2CCNC[C@@H]2C)s1. The molecule has 0 unspecified atom stereocenters. The highest BCUT2D eigenvalue weighted by atomic mass is 32.2. The van der Waals surface area contributed by atoms with Crippen molar-refractivity contribution < 1.29 is 8.42 Å². The van der Waals surface area contributed by atoms with Gasteiger partial charge in [-0.3, -0.25) is 0 Å². The zero-order valence-corrected chi connectivity index (χ0v) is 11.1. The Hall–Kier alpha value is -0.430. The molecule has 16 heavy (non-hydrogen) atoms. The Labute approximate surface area is 100 Å². The van der Waals surface area contributed by atoms with Gasteiger partial charge in [-0.1, -0.05) is 0 Å². The third-order valence-electron chi connectivity index (χ3n) is 2.72. The van der Waals surface area contributed by atoms with Crippen LogP contribution in [0.5, 0.6) is 0 Å². The average Bonchev–Trinajstić information content (AvgIpc) is 2.66. The maximum Gasteiger partial charge on any atom is 0.252 e. The summed E-state index contributed by atoms with van der Waals surface area (Å²) in [4.78, 5) is 1.03. The van der Waals surface area contributed by atoms with Gasteiger partial charge in [0.1, 0.15) is 4.21 Å². The van der Waals surface area contributed by atoms with Crippen LogP contribution in [0.2, 0.25) is 0 Å². The van der Waals surface area contributed by atoms with Crippen molar-refractivity contribution in [2.24, 2.45) is 0 Å². The lowest BCUT2D eigenvalue weighted by atomic mass is 10.3. The Kier molecular flexibility index (Phi) is 3.34. The molecule has 6 heteroatoms. The molecule has 4 nitrogen and oxygen atoms in total. The number of rotatable bonds is 2. The molecule has 90 valence electrons. The fourth-order valence-corrected chi connectivity index (χ4v) is 4.89. The lowest BCUT2D eigenvalue weighted by molar-refractivity contribution is 0.284. The van der Waals surface area contributed by atoms with Crippen molar-refractivity contribution in [3.63, 3.8) is 0 Å². The molecular weight excluding hydrogens is 244 g/mol. The molecule has 0 spiro atoms. The van der Waals surface area contributed by atoms with Crippen LogP contribution in [0.3, 0.4) is 0 Å². The molecule has 2 rings (SSSR count). The number of hydrogen-bond donors (Lipinski definition) is 1. The second-order valence-electron chi connectivity index (χ2n) is 4.03. The number of nitrogens with one attached hydrogen (secondary N) is 1. The van der Waals surface area contributed by atoms with Gasteiger partial charge < -0.3 is 5.32 Å². The summed E-state index contributed by atoms with van der Waals surface area (Å²) in [6, 6.07) is 3.58. The molecule has 1 fully saturated rings. The molecule has 0 bridgehead atoms. The fourth-order valence-electron chi connectivity index (χ4n) is 1.85. The predicted octanol–water partition coefficient (Wildman–Crippen LogP) is 1.04. The first kappa shape index (κ1) is 12.0. The number of nitrogens with zero attached hydrogens (tertiary/aromatic N) is 1. The van der Waals surface area contributed by atoms with Crippen LogP contribution in [0.4, 0.5) is 0 Å². The third-order valence-corrected chi connectivity index (χ3v) is 6.20. The van der Waals surface area contributed by atoms with Crippen LogP contribution in [0.25, 0.3) is 0 Å². The molecule has 0 saturated carbocycles. The Bertz CT molecular complexity index is 467.